The molecule has 5 heteroatoms. The molecule has 1 saturated heterocycles. The van der Waals surface area contributed by atoms with Gasteiger partial charge >= 0.3 is 0 Å². The first-order valence-corrected chi connectivity index (χ1v) is 9.50. The Hall–Kier alpha value is -2.69. The van der Waals surface area contributed by atoms with Gasteiger partial charge in [0.05, 0.1) is 5.92 Å². The molecule has 0 bridgehead atoms. The van der Waals surface area contributed by atoms with Crippen LogP contribution in [0.3, 0.4) is 0 Å². The van der Waals surface area contributed by atoms with Crippen LogP contribution >= 0.6 is 0 Å². The predicted molar refractivity (Wildman–Crippen MR) is 101 cm³/mol. The highest BCUT2D eigenvalue weighted by molar-refractivity contribution is 5.94. The first kappa shape index (κ1) is 17.7. The summed E-state index contributed by atoms with van der Waals surface area (Å²) in [5, 5.41) is 3.08. The number of nitrogens with one attached hydrogen (secondary N) is 1. The summed E-state index contributed by atoms with van der Waals surface area (Å²) in [6, 6.07) is 15.9. The highest BCUT2D eigenvalue weighted by Crippen LogP contribution is 2.32. The van der Waals surface area contributed by atoms with Gasteiger partial charge in [-0.3, -0.25) is 9.59 Å². The molecule has 2 aliphatic rings. The number of benzene rings is 2. The SMILES string of the molecule is O=C(NC1CC1)[C@H]1C[C@@H](c2ccccc2)CN(C(=O)c2ccc(F)cc2)C1. The molecule has 1 aliphatic heterocycles. The van der Waals surface area contributed by atoms with Crippen molar-refractivity contribution in [1.82, 2.24) is 10.2 Å². The largest absolute Gasteiger partial charge is 0.353 e. The topological polar surface area (TPSA) is 49.4 Å². The Balaban J connectivity index is 1.56. The number of carbonyl (C=O) groups is 2. The van der Waals surface area contributed by atoms with Crippen molar-refractivity contribution in [3.63, 3.8) is 0 Å². The number of amides is 2. The predicted octanol–water partition coefficient (Wildman–Crippen LogP) is 3.35. The number of rotatable bonds is 4. The molecule has 0 spiro atoms. The molecule has 1 aliphatic carbocycles. The quantitative estimate of drug-likeness (QED) is 0.902. The highest BCUT2D eigenvalue weighted by atomic mass is 19.1. The molecule has 2 aromatic rings. The van der Waals surface area contributed by atoms with Gasteiger partial charge in [-0.1, -0.05) is 30.3 Å². The van der Waals surface area contributed by atoms with Gasteiger partial charge < -0.3 is 10.2 Å². The van der Waals surface area contributed by atoms with Crippen molar-refractivity contribution in [3.05, 3.63) is 71.5 Å². The van der Waals surface area contributed by atoms with E-state index in [1.165, 1.54) is 24.3 Å². The maximum Gasteiger partial charge on any atom is 0.253 e. The molecule has 0 radical (unpaired) electrons. The van der Waals surface area contributed by atoms with E-state index in [4.69, 9.17) is 0 Å². The monoisotopic (exact) mass is 366 g/mol. The Morgan fingerprint density at radius 3 is 2.33 bits per heavy atom. The maximum atomic E-state index is 13.2. The zero-order chi connectivity index (χ0) is 18.8. The lowest BCUT2D eigenvalue weighted by molar-refractivity contribution is -0.126. The number of likely N-dealkylation sites (tertiary alicyclic amines) is 1. The summed E-state index contributed by atoms with van der Waals surface area (Å²) in [6.45, 7) is 0.964. The third kappa shape index (κ3) is 4.18. The standard InChI is InChI=1S/C22H23FN2O2/c23-19-8-6-16(7-9-19)22(27)25-13-17(15-4-2-1-3-5-15)12-18(14-25)21(26)24-20-10-11-20/h1-9,17-18,20H,10-14H2,(H,24,26)/t17-,18+/m1/s1. The minimum atomic E-state index is -0.367. The van der Waals surface area contributed by atoms with Crippen LogP contribution < -0.4 is 5.32 Å². The smallest absolute Gasteiger partial charge is 0.253 e. The summed E-state index contributed by atoms with van der Waals surface area (Å²) in [7, 11) is 0. The summed E-state index contributed by atoms with van der Waals surface area (Å²) in [6.07, 6.45) is 2.81. The van der Waals surface area contributed by atoms with Crippen molar-refractivity contribution < 1.29 is 14.0 Å². The third-order valence-electron chi connectivity index (χ3n) is 5.39. The molecule has 0 aromatic heterocycles. The van der Waals surface area contributed by atoms with Gasteiger partial charge in [0.15, 0.2) is 0 Å². The van der Waals surface area contributed by atoms with Crippen molar-refractivity contribution in [2.45, 2.75) is 31.2 Å². The van der Waals surface area contributed by atoms with Gasteiger partial charge in [-0.05, 0) is 49.1 Å². The van der Waals surface area contributed by atoms with Gasteiger partial charge in [0.2, 0.25) is 5.91 Å². The molecule has 4 nitrogen and oxygen atoms in total. The number of piperidine rings is 1. The number of carbonyl (C=O) groups excluding carboxylic acids is 2. The summed E-state index contributed by atoms with van der Waals surface area (Å²) < 4.78 is 13.2. The minimum Gasteiger partial charge on any atom is -0.353 e. The Kier molecular flexibility index (Phi) is 4.92. The summed E-state index contributed by atoms with van der Waals surface area (Å²) in [5.74, 6) is -0.600. The molecular weight excluding hydrogens is 343 g/mol. The van der Waals surface area contributed by atoms with Crippen LogP contribution in [0.1, 0.15) is 41.1 Å². The van der Waals surface area contributed by atoms with E-state index in [-0.39, 0.29) is 29.5 Å². The van der Waals surface area contributed by atoms with Gasteiger partial charge in [0.1, 0.15) is 5.82 Å². The van der Waals surface area contributed by atoms with Crippen LogP contribution in [0.2, 0.25) is 0 Å². The summed E-state index contributed by atoms with van der Waals surface area (Å²) >= 11 is 0. The Labute approximate surface area is 158 Å². The summed E-state index contributed by atoms with van der Waals surface area (Å²) in [5.41, 5.74) is 1.59. The van der Waals surface area contributed by atoms with E-state index in [9.17, 15) is 14.0 Å². The summed E-state index contributed by atoms with van der Waals surface area (Å²) in [4.78, 5) is 27.4. The van der Waals surface area contributed by atoms with Crippen LogP contribution in [0.5, 0.6) is 0 Å². The lowest BCUT2D eigenvalue weighted by atomic mass is 9.83. The molecular formula is C22H23FN2O2. The number of halogens is 1. The molecule has 2 fully saturated rings. The van der Waals surface area contributed by atoms with E-state index >= 15 is 0 Å². The van der Waals surface area contributed by atoms with Gasteiger partial charge in [-0.25, -0.2) is 4.39 Å². The van der Waals surface area contributed by atoms with Crippen LogP contribution in [-0.2, 0) is 4.79 Å². The second-order valence-corrected chi connectivity index (χ2v) is 7.54. The first-order valence-electron chi connectivity index (χ1n) is 9.50. The van der Waals surface area contributed by atoms with Crippen LogP contribution in [0.4, 0.5) is 4.39 Å². The van der Waals surface area contributed by atoms with Crippen LogP contribution in [-0.4, -0.2) is 35.8 Å². The minimum absolute atomic E-state index is 0.0371. The molecule has 27 heavy (non-hydrogen) atoms. The van der Waals surface area contributed by atoms with Crippen LogP contribution in [0.25, 0.3) is 0 Å². The fourth-order valence-corrected chi connectivity index (χ4v) is 3.74. The van der Waals surface area contributed by atoms with Crippen LogP contribution in [0, 0.1) is 11.7 Å². The molecule has 2 aromatic carbocycles. The molecule has 140 valence electrons. The Bertz CT molecular complexity index is 818. The average Bonchev–Trinajstić information content (AvgIpc) is 3.52. The van der Waals surface area contributed by atoms with Crippen molar-refractivity contribution in [2.24, 2.45) is 5.92 Å². The fourth-order valence-electron chi connectivity index (χ4n) is 3.74. The zero-order valence-corrected chi connectivity index (χ0v) is 15.1. The van der Waals surface area contributed by atoms with Crippen molar-refractivity contribution >= 4 is 11.8 Å². The highest BCUT2D eigenvalue weighted by Gasteiger charge is 2.36. The lowest BCUT2D eigenvalue weighted by Crippen LogP contribution is -2.48. The number of hydrogen-bond donors (Lipinski definition) is 1. The Morgan fingerprint density at radius 1 is 0.963 bits per heavy atom. The molecule has 2 atom stereocenters. The maximum absolute atomic E-state index is 13.2. The van der Waals surface area contributed by atoms with Crippen molar-refractivity contribution in [3.8, 4) is 0 Å². The van der Waals surface area contributed by atoms with Gasteiger partial charge in [0.25, 0.3) is 5.91 Å². The zero-order valence-electron chi connectivity index (χ0n) is 15.1. The average molecular weight is 366 g/mol. The fraction of sp³-hybridized carbons (Fsp3) is 0.364. The van der Waals surface area contributed by atoms with E-state index in [1.54, 1.807) is 4.90 Å². The van der Waals surface area contributed by atoms with E-state index in [2.05, 4.69) is 5.32 Å². The van der Waals surface area contributed by atoms with E-state index in [1.807, 2.05) is 30.3 Å². The molecule has 2 amide bonds. The van der Waals surface area contributed by atoms with Gasteiger partial charge in [-0.2, -0.15) is 0 Å². The van der Waals surface area contributed by atoms with E-state index in [0.29, 0.717) is 24.7 Å². The number of nitrogens with zero attached hydrogens (tertiary/aromatic N) is 1. The van der Waals surface area contributed by atoms with E-state index in [0.717, 1.165) is 24.8 Å². The third-order valence-corrected chi connectivity index (χ3v) is 5.39. The van der Waals surface area contributed by atoms with Gasteiger partial charge in [0, 0.05) is 30.6 Å². The molecule has 1 N–H and O–H groups in total. The Morgan fingerprint density at radius 2 is 1.67 bits per heavy atom. The van der Waals surface area contributed by atoms with Crippen molar-refractivity contribution in [2.75, 3.05) is 13.1 Å². The molecule has 1 heterocycles. The molecule has 1 saturated carbocycles. The lowest BCUT2D eigenvalue weighted by Gasteiger charge is -2.37. The van der Waals surface area contributed by atoms with Gasteiger partial charge in [-0.15, -0.1) is 0 Å². The van der Waals surface area contributed by atoms with Crippen molar-refractivity contribution in [1.29, 1.82) is 0 Å². The van der Waals surface area contributed by atoms with Crippen LogP contribution in [0.15, 0.2) is 54.6 Å². The van der Waals surface area contributed by atoms with E-state index < -0.39 is 0 Å². The molecule has 4 rings (SSSR count). The molecule has 0 unspecified atom stereocenters. The second kappa shape index (κ2) is 7.51. The first-order chi connectivity index (χ1) is 13.1. The number of hydrogen-bond acceptors (Lipinski definition) is 2. The second-order valence-electron chi connectivity index (χ2n) is 7.54. The normalized spacial score (nSPS) is 22.3.